The fraction of sp³-hybridized carbons (Fsp3) is 0.789. The van der Waals surface area contributed by atoms with Crippen LogP contribution in [0, 0.1) is 0 Å². The fourth-order valence-electron chi connectivity index (χ4n) is 2.48. The third-order valence-electron chi connectivity index (χ3n) is 3.59. The standard InChI is InChI=1S/C14H24N2O4.C5H12/c1-9(18)15-11-6-5-10(8-17)7-12(11)16-13(19)20-14(2,3)4;1-3-5-4-2/h5,8-9,11-12,15,18H,6-7H2,1-4H3,(H,16,19);3-5H2,1-2H3. The van der Waals surface area contributed by atoms with E-state index in [1.165, 1.54) is 19.3 Å². The largest absolute Gasteiger partial charge is 0.444 e. The summed E-state index contributed by atoms with van der Waals surface area (Å²) in [7, 11) is 0. The van der Waals surface area contributed by atoms with Crippen LogP contribution in [0.2, 0.25) is 0 Å². The van der Waals surface area contributed by atoms with E-state index < -0.39 is 17.9 Å². The first-order valence-corrected chi connectivity index (χ1v) is 9.20. The molecule has 0 spiro atoms. The topological polar surface area (TPSA) is 87.7 Å². The first kappa shape index (κ1) is 23.6. The van der Waals surface area contributed by atoms with Gasteiger partial charge in [0.15, 0.2) is 0 Å². The minimum atomic E-state index is -0.686. The maximum atomic E-state index is 11.8. The van der Waals surface area contributed by atoms with Crippen LogP contribution in [0.3, 0.4) is 0 Å². The molecule has 0 aromatic carbocycles. The molecule has 25 heavy (non-hydrogen) atoms. The molecule has 1 rings (SSSR count). The van der Waals surface area contributed by atoms with Gasteiger partial charge in [-0.25, -0.2) is 4.79 Å². The van der Waals surface area contributed by atoms with E-state index in [9.17, 15) is 14.7 Å². The highest BCUT2D eigenvalue weighted by Crippen LogP contribution is 2.19. The summed E-state index contributed by atoms with van der Waals surface area (Å²) in [5.74, 6) is 0. The van der Waals surface area contributed by atoms with Crippen molar-refractivity contribution in [1.82, 2.24) is 10.6 Å². The van der Waals surface area contributed by atoms with Gasteiger partial charge in [-0.1, -0.05) is 39.2 Å². The normalized spacial score (nSPS) is 21.3. The van der Waals surface area contributed by atoms with E-state index in [1.54, 1.807) is 27.7 Å². The van der Waals surface area contributed by atoms with E-state index in [0.717, 1.165) is 6.29 Å². The summed E-state index contributed by atoms with van der Waals surface area (Å²) in [5.41, 5.74) is 0.0737. The first-order valence-electron chi connectivity index (χ1n) is 9.20. The summed E-state index contributed by atoms with van der Waals surface area (Å²) in [6.45, 7) is 11.4. The van der Waals surface area contributed by atoms with Crippen LogP contribution in [0.5, 0.6) is 0 Å². The molecule has 1 aliphatic carbocycles. The van der Waals surface area contributed by atoms with Crippen LogP contribution in [0.4, 0.5) is 4.79 Å². The number of carbonyl (C=O) groups excluding carboxylic acids is 2. The van der Waals surface area contributed by atoms with E-state index in [4.69, 9.17) is 4.74 Å². The van der Waals surface area contributed by atoms with Crippen molar-refractivity contribution in [2.45, 2.75) is 97.6 Å². The van der Waals surface area contributed by atoms with Crippen molar-refractivity contribution >= 4 is 12.4 Å². The lowest BCUT2D eigenvalue weighted by atomic mass is 9.90. The fourth-order valence-corrected chi connectivity index (χ4v) is 2.48. The summed E-state index contributed by atoms with van der Waals surface area (Å²) in [5, 5.41) is 15.2. The number of carbonyl (C=O) groups is 2. The molecule has 0 aromatic rings. The second-order valence-corrected chi connectivity index (χ2v) is 7.39. The molecule has 0 heterocycles. The molecular formula is C19H36N2O4. The molecule has 0 fully saturated rings. The molecule has 6 heteroatoms. The number of ether oxygens (including phenoxy) is 1. The van der Waals surface area contributed by atoms with E-state index in [0.29, 0.717) is 18.4 Å². The van der Waals surface area contributed by atoms with Crippen LogP contribution >= 0.6 is 0 Å². The van der Waals surface area contributed by atoms with Crippen molar-refractivity contribution in [2.75, 3.05) is 0 Å². The van der Waals surface area contributed by atoms with Gasteiger partial charge in [0.05, 0.1) is 6.04 Å². The highest BCUT2D eigenvalue weighted by atomic mass is 16.6. The highest BCUT2D eigenvalue weighted by Gasteiger charge is 2.29. The van der Waals surface area contributed by atoms with Gasteiger partial charge in [0.1, 0.15) is 18.1 Å². The first-order chi connectivity index (χ1) is 11.6. The summed E-state index contributed by atoms with van der Waals surface area (Å²) in [6, 6.07) is -0.420. The number of hydrogen-bond donors (Lipinski definition) is 3. The zero-order valence-corrected chi connectivity index (χ0v) is 16.6. The summed E-state index contributed by atoms with van der Waals surface area (Å²) < 4.78 is 5.21. The molecule has 3 unspecified atom stereocenters. The minimum absolute atomic E-state index is 0.133. The Bertz CT molecular complexity index is 426. The maximum Gasteiger partial charge on any atom is 0.407 e. The van der Waals surface area contributed by atoms with Crippen LogP contribution < -0.4 is 10.6 Å². The molecular weight excluding hydrogens is 320 g/mol. The van der Waals surface area contributed by atoms with Crippen LogP contribution in [0.15, 0.2) is 11.6 Å². The lowest BCUT2D eigenvalue weighted by Gasteiger charge is -2.33. The van der Waals surface area contributed by atoms with Crippen LogP contribution in [0.1, 0.15) is 73.6 Å². The molecule has 1 aliphatic rings. The van der Waals surface area contributed by atoms with Crippen molar-refractivity contribution in [3.8, 4) is 0 Å². The molecule has 0 saturated carbocycles. The van der Waals surface area contributed by atoms with E-state index in [2.05, 4.69) is 24.5 Å². The number of alkyl carbamates (subject to hydrolysis) is 1. The van der Waals surface area contributed by atoms with Crippen LogP contribution in [0.25, 0.3) is 0 Å². The number of aliphatic hydroxyl groups is 1. The number of rotatable bonds is 6. The molecule has 0 aromatic heterocycles. The SMILES string of the molecule is CC(O)NC1CC=C(C=O)CC1NC(=O)OC(C)(C)C.CCCCC. The highest BCUT2D eigenvalue weighted by molar-refractivity contribution is 5.74. The van der Waals surface area contributed by atoms with Crippen molar-refractivity contribution in [2.24, 2.45) is 0 Å². The summed E-state index contributed by atoms with van der Waals surface area (Å²) in [6.07, 6.45) is 6.48. The number of hydrogen-bond acceptors (Lipinski definition) is 5. The Kier molecular flexibility index (Phi) is 11.4. The lowest BCUT2D eigenvalue weighted by molar-refractivity contribution is -0.105. The quantitative estimate of drug-likeness (QED) is 0.502. The molecule has 6 nitrogen and oxygen atoms in total. The summed E-state index contributed by atoms with van der Waals surface area (Å²) >= 11 is 0. The number of amides is 1. The number of aliphatic hydroxyl groups excluding tert-OH is 1. The molecule has 0 radical (unpaired) electrons. The molecule has 0 aliphatic heterocycles. The Morgan fingerprint density at radius 3 is 2.36 bits per heavy atom. The maximum absolute atomic E-state index is 11.8. The zero-order chi connectivity index (χ0) is 19.5. The third kappa shape index (κ3) is 11.7. The average Bonchev–Trinajstić information content (AvgIpc) is 2.48. The van der Waals surface area contributed by atoms with Crippen molar-refractivity contribution in [1.29, 1.82) is 0 Å². The molecule has 3 atom stereocenters. The molecule has 146 valence electrons. The van der Waals surface area contributed by atoms with Gasteiger partial charge in [0, 0.05) is 6.04 Å². The Balaban J connectivity index is 0.00000101. The van der Waals surface area contributed by atoms with Gasteiger partial charge in [-0.05, 0) is 46.1 Å². The third-order valence-corrected chi connectivity index (χ3v) is 3.59. The Hall–Kier alpha value is -1.40. The monoisotopic (exact) mass is 356 g/mol. The van der Waals surface area contributed by atoms with Gasteiger partial charge in [-0.2, -0.15) is 0 Å². The van der Waals surface area contributed by atoms with Crippen molar-refractivity contribution in [3.63, 3.8) is 0 Å². The second kappa shape index (κ2) is 12.0. The molecule has 3 N–H and O–H groups in total. The van der Waals surface area contributed by atoms with Gasteiger partial charge in [0.2, 0.25) is 0 Å². The predicted octanol–water partition coefficient (Wildman–Crippen LogP) is 3.29. The van der Waals surface area contributed by atoms with Crippen molar-refractivity contribution < 1.29 is 19.4 Å². The smallest absolute Gasteiger partial charge is 0.407 e. The van der Waals surface area contributed by atoms with Gasteiger partial charge in [-0.3, -0.25) is 10.1 Å². The molecule has 0 bridgehead atoms. The predicted molar refractivity (Wildman–Crippen MR) is 100 cm³/mol. The van der Waals surface area contributed by atoms with Gasteiger partial charge >= 0.3 is 6.09 Å². The second-order valence-electron chi connectivity index (χ2n) is 7.39. The minimum Gasteiger partial charge on any atom is -0.444 e. The molecule has 1 amide bonds. The zero-order valence-electron chi connectivity index (χ0n) is 16.6. The molecule has 0 saturated heterocycles. The van der Waals surface area contributed by atoms with Gasteiger partial charge in [-0.15, -0.1) is 0 Å². The van der Waals surface area contributed by atoms with E-state index in [1.807, 2.05) is 6.08 Å². The number of nitrogens with one attached hydrogen (secondary N) is 2. The number of aldehydes is 1. The lowest BCUT2D eigenvalue weighted by Crippen LogP contribution is -2.54. The van der Waals surface area contributed by atoms with Crippen molar-refractivity contribution in [3.05, 3.63) is 11.6 Å². The van der Waals surface area contributed by atoms with Gasteiger partial charge in [0.25, 0.3) is 0 Å². The number of unbranched alkanes of at least 4 members (excludes halogenated alkanes) is 2. The average molecular weight is 357 g/mol. The Morgan fingerprint density at radius 2 is 1.96 bits per heavy atom. The Labute approximate surface area is 152 Å². The van der Waals surface area contributed by atoms with E-state index >= 15 is 0 Å². The summed E-state index contributed by atoms with van der Waals surface area (Å²) in [4.78, 5) is 22.7. The van der Waals surface area contributed by atoms with Gasteiger partial charge < -0.3 is 15.2 Å². The van der Waals surface area contributed by atoms with Crippen LogP contribution in [-0.4, -0.2) is 41.4 Å². The Morgan fingerprint density at radius 1 is 1.36 bits per heavy atom. The van der Waals surface area contributed by atoms with E-state index in [-0.39, 0.29) is 12.1 Å². The van der Waals surface area contributed by atoms with Crippen LogP contribution in [-0.2, 0) is 9.53 Å².